The molecule has 0 bridgehead atoms. The van der Waals surface area contributed by atoms with Crippen LogP contribution in [-0.2, 0) is 9.59 Å². The SMILES string of the molecule is CCC(=O)N[C@H](C(=O)O)C(C)C. The summed E-state index contributed by atoms with van der Waals surface area (Å²) in [6.45, 7) is 5.21. The molecule has 0 aliphatic rings. The van der Waals surface area contributed by atoms with Crippen molar-refractivity contribution in [2.45, 2.75) is 33.2 Å². The lowest BCUT2D eigenvalue weighted by atomic mass is 10.0. The zero-order chi connectivity index (χ0) is 9.72. The average Bonchev–Trinajstić information content (AvgIpc) is 1.98. The third-order valence-corrected chi connectivity index (χ3v) is 1.57. The molecule has 0 fully saturated rings. The summed E-state index contributed by atoms with van der Waals surface area (Å²) in [5.41, 5.74) is 0. The first-order valence-corrected chi connectivity index (χ1v) is 4.01. The minimum Gasteiger partial charge on any atom is -0.480 e. The van der Waals surface area contributed by atoms with Gasteiger partial charge in [-0.05, 0) is 5.92 Å². The Morgan fingerprint density at radius 1 is 1.42 bits per heavy atom. The van der Waals surface area contributed by atoms with Gasteiger partial charge in [-0.1, -0.05) is 20.8 Å². The molecule has 4 heteroatoms. The van der Waals surface area contributed by atoms with Crippen molar-refractivity contribution in [3.8, 4) is 0 Å². The number of hydrogen-bond donors (Lipinski definition) is 2. The number of aliphatic carboxylic acids is 1. The van der Waals surface area contributed by atoms with Gasteiger partial charge in [0.2, 0.25) is 5.91 Å². The third-order valence-electron chi connectivity index (χ3n) is 1.57. The predicted molar refractivity (Wildman–Crippen MR) is 44.7 cm³/mol. The molecule has 0 heterocycles. The van der Waals surface area contributed by atoms with Gasteiger partial charge in [0.25, 0.3) is 0 Å². The van der Waals surface area contributed by atoms with Crippen LogP contribution in [0.4, 0.5) is 0 Å². The van der Waals surface area contributed by atoms with Crippen LogP contribution < -0.4 is 5.32 Å². The topological polar surface area (TPSA) is 66.4 Å². The van der Waals surface area contributed by atoms with Crippen LogP contribution in [0.25, 0.3) is 0 Å². The second-order valence-corrected chi connectivity index (χ2v) is 2.98. The lowest BCUT2D eigenvalue weighted by Crippen LogP contribution is -2.44. The zero-order valence-corrected chi connectivity index (χ0v) is 7.63. The highest BCUT2D eigenvalue weighted by molar-refractivity contribution is 5.83. The Kier molecular flexibility index (Phi) is 4.33. The van der Waals surface area contributed by atoms with Crippen molar-refractivity contribution in [1.82, 2.24) is 5.32 Å². The van der Waals surface area contributed by atoms with Gasteiger partial charge in [-0.15, -0.1) is 0 Å². The van der Waals surface area contributed by atoms with Crippen molar-refractivity contribution < 1.29 is 14.7 Å². The number of carboxylic acid groups (broad SMARTS) is 1. The van der Waals surface area contributed by atoms with Crippen molar-refractivity contribution in [2.75, 3.05) is 0 Å². The van der Waals surface area contributed by atoms with E-state index >= 15 is 0 Å². The zero-order valence-electron chi connectivity index (χ0n) is 7.63. The molecule has 0 aromatic heterocycles. The largest absolute Gasteiger partial charge is 0.480 e. The summed E-state index contributed by atoms with van der Waals surface area (Å²) in [4.78, 5) is 21.4. The van der Waals surface area contributed by atoms with Crippen molar-refractivity contribution in [1.29, 1.82) is 0 Å². The fourth-order valence-electron chi connectivity index (χ4n) is 0.789. The maximum absolute atomic E-state index is 10.9. The van der Waals surface area contributed by atoms with Crippen LogP contribution in [0.3, 0.4) is 0 Å². The van der Waals surface area contributed by atoms with Crippen LogP contribution in [0.1, 0.15) is 27.2 Å². The summed E-state index contributed by atoms with van der Waals surface area (Å²) in [5, 5.41) is 11.1. The average molecular weight is 173 g/mol. The van der Waals surface area contributed by atoms with E-state index in [0.717, 1.165) is 0 Å². The summed E-state index contributed by atoms with van der Waals surface area (Å²) in [6, 6.07) is -0.766. The van der Waals surface area contributed by atoms with Gasteiger partial charge in [-0.25, -0.2) is 4.79 Å². The van der Waals surface area contributed by atoms with Crippen molar-refractivity contribution >= 4 is 11.9 Å². The van der Waals surface area contributed by atoms with E-state index in [1.807, 2.05) is 0 Å². The lowest BCUT2D eigenvalue weighted by Gasteiger charge is -2.17. The minimum absolute atomic E-state index is 0.0852. The van der Waals surface area contributed by atoms with E-state index in [-0.39, 0.29) is 11.8 Å². The first kappa shape index (κ1) is 10.9. The Labute approximate surface area is 72.0 Å². The fraction of sp³-hybridized carbons (Fsp3) is 0.750. The molecule has 4 nitrogen and oxygen atoms in total. The number of carbonyl (C=O) groups is 2. The van der Waals surface area contributed by atoms with Crippen LogP contribution in [0, 0.1) is 5.92 Å². The van der Waals surface area contributed by atoms with E-state index in [9.17, 15) is 9.59 Å². The van der Waals surface area contributed by atoms with Gasteiger partial charge < -0.3 is 10.4 Å². The highest BCUT2D eigenvalue weighted by atomic mass is 16.4. The number of carbonyl (C=O) groups excluding carboxylic acids is 1. The quantitative estimate of drug-likeness (QED) is 0.655. The molecule has 0 aliphatic heterocycles. The summed E-state index contributed by atoms with van der Waals surface area (Å²) < 4.78 is 0. The number of rotatable bonds is 4. The maximum Gasteiger partial charge on any atom is 0.326 e. The Balaban J connectivity index is 4.14. The van der Waals surface area contributed by atoms with E-state index < -0.39 is 12.0 Å². The lowest BCUT2D eigenvalue weighted by molar-refractivity contribution is -0.143. The molecule has 0 saturated heterocycles. The van der Waals surface area contributed by atoms with E-state index in [1.54, 1.807) is 20.8 Å². The van der Waals surface area contributed by atoms with Gasteiger partial charge in [-0.2, -0.15) is 0 Å². The van der Waals surface area contributed by atoms with Crippen molar-refractivity contribution in [2.24, 2.45) is 5.92 Å². The molecule has 1 atom stereocenters. The normalized spacial score (nSPS) is 12.7. The van der Waals surface area contributed by atoms with Gasteiger partial charge in [0.15, 0.2) is 0 Å². The molecule has 0 aromatic rings. The Bertz CT molecular complexity index is 177. The van der Waals surface area contributed by atoms with Gasteiger partial charge in [0, 0.05) is 6.42 Å². The van der Waals surface area contributed by atoms with E-state index in [1.165, 1.54) is 0 Å². The second kappa shape index (κ2) is 4.74. The van der Waals surface area contributed by atoms with Crippen LogP contribution in [0.5, 0.6) is 0 Å². The third kappa shape index (κ3) is 3.37. The molecule has 12 heavy (non-hydrogen) atoms. The molecule has 0 spiro atoms. The molecule has 0 aliphatic carbocycles. The van der Waals surface area contributed by atoms with Crippen molar-refractivity contribution in [3.05, 3.63) is 0 Å². The summed E-state index contributed by atoms with van der Waals surface area (Å²) in [6.07, 6.45) is 0.316. The molecule has 1 amide bonds. The first-order chi connectivity index (χ1) is 5.49. The Morgan fingerprint density at radius 3 is 2.17 bits per heavy atom. The van der Waals surface area contributed by atoms with E-state index in [2.05, 4.69) is 5.32 Å². The molecule has 0 rings (SSSR count). The highest BCUT2D eigenvalue weighted by Gasteiger charge is 2.22. The van der Waals surface area contributed by atoms with E-state index in [4.69, 9.17) is 5.11 Å². The molecule has 0 aromatic carbocycles. The first-order valence-electron chi connectivity index (χ1n) is 4.01. The molecule has 0 saturated carbocycles. The number of carboxylic acids is 1. The molecular formula is C8H15NO3. The number of amides is 1. The molecule has 0 radical (unpaired) electrons. The van der Waals surface area contributed by atoms with Crippen LogP contribution >= 0.6 is 0 Å². The van der Waals surface area contributed by atoms with E-state index in [0.29, 0.717) is 6.42 Å². The summed E-state index contributed by atoms with van der Waals surface area (Å²) in [7, 11) is 0. The Morgan fingerprint density at radius 2 is 1.92 bits per heavy atom. The second-order valence-electron chi connectivity index (χ2n) is 2.98. The Hall–Kier alpha value is -1.06. The highest BCUT2D eigenvalue weighted by Crippen LogP contribution is 2.01. The van der Waals surface area contributed by atoms with Gasteiger partial charge in [0.05, 0.1) is 0 Å². The smallest absolute Gasteiger partial charge is 0.326 e. The summed E-state index contributed by atoms with van der Waals surface area (Å²) >= 11 is 0. The molecule has 0 unspecified atom stereocenters. The van der Waals surface area contributed by atoms with Gasteiger partial charge in [0.1, 0.15) is 6.04 Å². The van der Waals surface area contributed by atoms with Crippen LogP contribution in [0.15, 0.2) is 0 Å². The molecular weight excluding hydrogens is 158 g/mol. The van der Waals surface area contributed by atoms with Gasteiger partial charge in [-0.3, -0.25) is 4.79 Å². The monoisotopic (exact) mass is 173 g/mol. The van der Waals surface area contributed by atoms with Crippen molar-refractivity contribution in [3.63, 3.8) is 0 Å². The number of hydrogen-bond acceptors (Lipinski definition) is 2. The standard InChI is InChI=1S/C8H15NO3/c1-4-6(10)9-7(5(2)3)8(11)12/h5,7H,4H2,1-3H3,(H,9,10)(H,11,12)/t7-/m0/s1. The fourth-order valence-corrected chi connectivity index (χ4v) is 0.789. The molecule has 70 valence electrons. The number of nitrogens with one attached hydrogen (secondary N) is 1. The predicted octanol–water partition coefficient (Wildman–Crippen LogP) is 0.622. The summed E-state index contributed by atoms with van der Waals surface area (Å²) in [5.74, 6) is -1.29. The van der Waals surface area contributed by atoms with Crippen LogP contribution in [-0.4, -0.2) is 23.0 Å². The van der Waals surface area contributed by atoms with Crippen LogP contribution in [0.2, 0.25) is 0 Å². The maximum atomic E-state index is 10.9. The van der Waals surface area contributed by atoms with Gasteiger partial charge >= 0.3 is 5.97 Å². The minimum atomic E-state index is -0.980. The molecule has 2 N–H and O–H groups in total.